The van der Waals surface area contributed by atoms with Crippen LogP contribution in [0.1, 0.15) is 30.5 Å². The van der Waals surface area contributed by atoms with E-state index in [1.165, 1.54) is 0 Å². The Morgan fingerprint density at radius 2 is 1.88 bits per heavy atom. The first-order valence-corrected chi connectivity index (χ1v) is 9.69. The minimum absolute atomic E-state index is 0. The summed E-state index contributed by atoms with van der Waals surface area (Å²) in [5, 5.41) is 13.1. The van der Waals surface area contributed by atoms with Crippen molar-refractivity contribution in [3.63, 3.8) is 0 Å². The van der Waals surface area contributed by atoms with E-state index in [2.05, 4.69) is 10.3 Å². The molecule has 0 bridgehead atoms. The average molecular weight is 481 g/mol. The molecule has 0 radical (unpaired) electrons. The lowest BCUT2D eigenvalue weighted by atomic mass is 10.1. The van der Waals surface area contributed by atoms with Crippen LogP contribution in [0.2, 0.25) is 0 Å². The fourth-order valence-electron chi connectivity index (χ4n) is 2.99. The largest absolute Gasteiger partial charge is 0.507 e. The number of guanidine groups is 1. The molecule has 0 unspecified atom stereocenters. The molecule has 0 amide bonds. The van der Waals surface area contributed by atoms with Gasteiger partial charge in [0.05, 0.1) is 10.5 Å². The van der Waals surface area contributed by atoms with E-state index >= 15 is 0 Å². The zero-order valence-corrected chi connectivity index (χ0v) is 18.6. The molecule has 0 aromatic heterocycles. The standard InChI is InChI=1S/C17H27N3O3S.HI/c1-12-8-14(9-13(2)15(12)21)10-19-16(18-5)20-6-7-24(22,23)17(3,4)11-20;/h8-9,21H,6-7,10-11H2,1-5H3,(H,18,19);1H. The lowest BCUT2D eigenvalue weighted by molar-refractivity contribution is 0.353. The third-order valence-corrected chi connectivity index (χ3v) is 7.09. The van der Waals surface area contributed by atoms with Gasteiger partial charge in [0.1, 0.15) is 5.75 Å². The number of nitrogens with zero attached hydrogens (tertiary/aromatic N) is 2. The fraction of sp³-hybridized carbons (Fsp3) is 0.588. The number of aryl methyl sites for hydroxylation is 2. The highest BCUT2D eigenvalue weighted by atomic mass is 127. The topological polar surface area (TPSA) is 82.0 Å². The first-order chi connectivity index (χ1) is 11.1. The number of rotatable bonds is 2. The Kier molecular flexibility index (Phi) is 7.14. The maximum Gasteiger partial charge on any atom is 0.193 e. The number of aliphatic imine (C=N–C) groups is 1. The van der Waals surface area contributed by atoms with Crippen molar-refractivity contribution in [3.05, 3.63) is 28.8 Å². The van der Waals surface area contributed by atoms with Gasteiger partial charge in [-0.3, -0.25) is 4.99 Å². The Balaban J connectivity index is 0.00000312. The molecule has 8 heteroatoms. The zero-order valence-electron chi connectivity index (χ0n) is 15.5. The quantitative estimate of drug-likeness (QED) is 0.385. The number of phenolic OH excluding ortho intramolecular Hbond substituents is 1. The smallest absolute Gasteiger partial charge is 0.193 e. The molecule has 6 nitrogen and oxygen atoms in total. The van der Waals surface area contributed by atoms with E-state index in [1.54, 1.807) is 20.9 Å². The predicted octanol–water partition coefficient (Wildman–Crippen LogP) is 2.21. The van der Waals surface area contributed by atoms with Crippen LogP contribution in [-0.4, -0.2) is 55.0 Å². The van der Waals surface area contributed by atoms with Crippen molar-refractivity contribution in [1.29, 1.82) is 0 Å². The zero-order chi connectivity index (χ0) is 18.1. The van der Waals surface area contributed by atoms with Gasteiger partial charge in [0.15, 0.2) is 15.8 Å². The molecule has 0 saturated carbocycles. The van der Waals surface area contributed by atoms with Gasteiger partial charge in [0.2, 0.25) is 0 Å². The summed E-state index contributed by atoms with van der Waals surface area (Å²) < 4.78 is 23.5. The van der Waals surface area contributed by atoms with Gasteiger partial charge in [0.25, 0.3) is 0 Å². The van der Waals surface area contributed by atoms with Gasteiger partial charge in [-0.25, -0.2) is 8.42 Å². The molecule has 142 valence electrons. The van der Waals surface area contributed by atoms with E-state index in [4.69, 9.17) is 0 Å². The molecule has 2 rings (SSSR count). The Hall–Kier alpha value is -1.03. The van der Waals surface area contributed by atoms with E-state index in [1.807, 2.05) is 30.9 Å². The second-order valence-electron chi connectivity index (χ2n) is 6.98. The Morgan fingerprint density at radius 3 is 2.36 bits per heavy atom. The second-order valence-corrected chi connectivity index (χ2v) is 9.72. The van der Waals surface area contributed by atoms with Gasteiger partial charge in [-0.1, -0.05) is 12.1 Å². The number of benzene rings is 1. The van der Waals surface area contributed by atoms with Gasteiger partial charge in [-0.2, -0.15) is 0 Å². The van der Waals surface area contributed by atoms with Crippen molar-refractivity contribution in [2.24, 2.45) is 4.99 Å². The summed E-state index contributed by atoms with van der Waals surface area (Å²) in [6.45, 7) is 8.69. The predicted molar refractivity (Wildman–Crippen MR) is 113 cm³/mol. The highest BCUT2D eigenvalue weighted by molar-refractivity contribution is 14.0. The normalized spacial score (nSPS) is 19.2. The molecule has 0 atom stereocenters. The first kappa shape index (κ1) is 22.0. The van der Waals surface area contributed by atoms with Crippen LogP contribution in [0.4, 0.5) is 0 Å². The Labute approximate surface area is 167 Å². The molecule has 1 fully saturated rings. The van der Waals surface area contributed by atoms with E-state index in [0.717, 1.165) is 16.7 Å². The van der Waals surface area contributed by atoms with Gasteiger partial charge in [-0.05, 0) is 44.4 Å². The summed E-state index contributed by atoms with van der Waals surface area (Å²) in [5.74, 6) is 1.16. The molecule has 0 spiro atoms. The summed E-state index contributed by atoms with van der Waals surface area (Å²) in [4.78, 5) is 6.28. The Bertz CT molecular complexity index is 737. The van der Waals surface area contributed by atoms with Gasteiger partial charge >= 0.3 is 0 Å². The first-order valence-electron chi connectivity index (χ1n) is 8.04. The van der Waals surface area contributed by atoms with Crippen molar-refractivity contribution in [2.75, 3.05) is 25.9 Å². The molecular formula is C17H28IN3O3S. The summed E-state index contributed by atoms with van der Waals surface area (Å²) in [5.41, 5.74) is 2.73. The van der Waals surface area contributed by atoms with Crippen LogP contribution in [0.15, 0.2) is 17.1 Å². The number of halogens is 1. The number of sulfone groups is 1. The highest BCUT2D eigenvalue weighted by Crippen LogP contribution is 2.24. The van der Waals surface area contributed by atoms with E-state index < -0.39 is 14.6 Å². The lowest BCUT2D eigenvalue weighted by Gasteiger charge is -2.39. The van der Waals surface area contributed by atoms with Crippen LogP contribution in [0, 0.1) is 13.8 Å². The van der Waals surface area contributed by atoms with Crippen molar-refractivity contribution < 1.29 is 13.5 Å². The molecule has 25 heavy (non-hydrogen) atoms. The summed E-state index contributed by atoms with van der Waals surface area (Å²) in [6.07, 6.45) is 0. The molecular weight excluding hydrogens is 453 g/mol. The van der Waals surface area contributed by atoms with Crippen molar-refractivity contribution in [2.45, 2.75) is 39.0 Å². The molecule has 1 aliphatic rings. The molecule has 0 aliphatic carbocycles. The van der Waals surface area contributed by atoms with Crippen LogP contribution in [0.5, 0.6) is 5.75 Å². The van der Waals surface area contributed by atoms with Crippen molar-refractivity contribution >= 4 is 39.8 Å². The van der Waals surface area contributed by atoms with E-state index in [-0.39, 0.29) is 29.7 Å². The monoisotopic (exact) mass is 481 g/mol. The van der Waals surface area contributed by atoms with Crippen molar-refractivity contribution in [3.8, 4) is 5.75 Å². The minimum Gasteiger partial charge on any atom is -0.507 e. The van der Waals surface area contributed by atoms with Crippen LogP contribution in [-0.2, 0) is 16.4 Å². The van der Waals surface area contributed by atoms with E-state index in [9.17, 15) is 13.5 Å². The van der Waals surface area contributed by atoms with Crippen LogP contribution < -0.4 is 5.32 Å². The molecule has 1 saturated heterocycles. The highest BCUT2D eigenvalue weighted by Gasteiger charge is 2.40. The maximum absolute atomic E-state index is 12.1. The molecule has 1 aromatic carbocycles. The molecule has 1 aromatic rings. The fourth-order valence-corrected chi connectivity index (χ4v) is 4.35. The van der Waals surface area contributed by atoms with Crippen LogP contribution in [0.3, 0.4) is 0 Å². The summed E-state index contributed by atoms with van der Waals surface area (Å²) >= 11 is 0. The summed E-state index contributed by atoms with van der Waals surface area (Å²) in [7, 11) is -1.37. The van der Waals surface area contributed by atoms with Crippen LogP contribution in [0.25, 0.3) is 0 Å². The molecule has 2 N–H and O–H groups in total. The number of hydrogen-bond acceptors (Lipinski definition) is 4. The van der Waals surface area contributed by atoms with Gasteiger partial charge < -0.3 is 15.3 Å². The van der Waals surface area contributed by atoms with Gasteiger partial charge in [0, 0.05) is 26.7 Å². The molecule has 1 heterocycles. The number of phenols is 1. The third-order valence-electron chi connectivity index (χ3n) is 4.56. The Morgan fingerprint density at radius 1 is 1.32 bits per heavy atom. The minimum atomic E-state index is -3.07. The number of aromatic hydroxyl groups is 1. The second kappa shape index (κ2) is 8.11. The number of nitrogens with one attached hydrogen (secondary N) is 1. The van der Waals surface area contributed by atoms with Crippen molar-refractivity contribution in [1.82, 2.24) is 10.2 Å². The number of hydrogen-bond donors (Lipinski definition) is 2. The summed E-state index contributed by atoms with van der Waals surface area (Å²) in [6, 6.07) is 3.88. The maximum atomic E-state index is 12.1. The average Bonchev–Trinajstić information content (AvgIpc) is 2.48. The third kappa shape index (κ3) is 4.78. The van der Waals surface area contributed by atoms with E-state index in [0.29, 0.717) is 31.3 Å². The molecule has 1 aliphatic heterocycles. The van der Waals surface area contributed by atoms with Gasteiger partial charge in [-0.15, -0.1) is 24.0 Å². The lowest BCUT2D eigenvalue weighted by Crippen LogP contribution is -2.57. The van der Waals surface area contributed by atoms with Crippen LogP contribution >= 0.6 is 24.0 Å². The SMILES string of the molecule is CN=C(NCc1cc(C)c(O)c(C)c1)N1CCS(=O)(=O)C(C)(C)C1.I.